The number of nitrogens with one attached hydrogen (secondary N) is 1. The van der Waals surface area contributed by atoms with E-state index in [9.17, 15) is 15.0 Å². The summed E-state index contributed by atoms with van der Waals surface area (Å²) >= 11 is 1.24. The molecule has 0 aliphatic rings. The van der Waals surface area contributed by atoms with Gasteiger partial charge in [0.05, 0.1) is 11.5 Å². The second-order valence-corrected chi connectivity index (χ2v) is 8.01. The summed E-state index contributed by atoms with van der Waals surface area (Å²) in [6, 6.07) is 23.5. The molecular formula is C24H21N5O3S. The lowest BCUT2D eigenvalue weighted by molar-refractivity contribution is -0.118. The summed E-state index contributed by atoms with van der Waals surface area (Å²) in [5.41, 5.74) is 4.97. The Kier molecular flexibility index (Phi) is 6.70. The third kappa shape index (κ3) is 5.21. The van der Waals surface area contributed by atoms with Crippen LogP contribution in [-0.2, 0) is 4.79 Å². The van der Waals surface area contributed by atoms with E-state index in [2.05, 4.69) is 20.7 Å². The number of carbonyl (C=O) groups is 1. The number of rotatable bonds is 7. The van der Waals surface area contributed by atoms with Gasteiger partial charge in [0, 0.05) is 16.8 Å². The topological polar surface area (TPSA) is 113 Å². The van der Waals surface area contributed by atoms with Crippen molar-refractivity contribution < 1.29 is 15.0 Å². The Morgan fingerprint density at radius 1 is 1.00 bits per heavy atom. The first kappa shape index (κ1) is 22.1. The van der Waals surface area contributed by atoms with E-state index in [4.69, 9.17) is 0 Å². The van der Waals surface area contributed by atoms with Crippen LogP contribution in [-0.4, -0.2) is 42.3 Å². The van der Waals surface area contributed by atoms with Crippen LogP contribution in [0.5, 0.6) is 11.5 Å². The zero-order chi connectivity index (χ0) is 23.2. The standard InChI is InChI=1S/C24H21N5O3S/c1-16(20-14-19(30)12-13-21(20)31)25-26-22(32)15-33-24-28-27-23(17-8-4-2-5-9-17)29(24)18-10-6-3-7-11-18/h2-14,30-31H,15H2,1H3,(H,26,32)/b25-16+. The highest BCUT2D eigenvalue weighted by Crippen LogP contribution is 2.28. The molecule has 166 valence electrons. The number of aromatic hydroxyl groups is 2. The Morgan fingerprint density at radius 3 is 2.42 bits per heavy atom. The minimum absolute atomic E-state index is 0.00583. The number of para-hydroxylation sites is 1. The fraction of sp³-hybridized carbons (Fsp3) is 0.0833. The van der Waals surface area contributed by atoms with Gasteiger partial charge in [-0.15, -0.1) is 10.2 Å². The lowest BCUT2D eigenvalue weighted by Gasteiger charge is -2.10. The molecule has 0 saturated carbocycles. The van der Waals surface area contributed by atoms with Gasteiger partial charge in [-0.2, -0.15) is 5.10 Å². The van der Waals surface area contributed by atoms with Gasteiger partial charge in [0.25, 0.3) is 5.91 Å². The summed E-state index contributed by atoms with van der Waals surface area (Å²) in [6.07, 6.45) is 0. The molecule has 0 spiro atoms. The fourth-order valence-corrected chi connectivity index (χ4v) is 3.87. The van der Waals surface area contributed by atoms with Crippen LogP contribution in [0.1, 0.15) is 12.5 Å². The van der Waals surface area contributed by atoms with Crippen molar-refractivity contribution >= 4 is 23.4 Å². The quantitative estimate of drug-likeness (QED) is 0.167. The van der Waals surface area contributed by atoms with E-state index in [0.29, 0.717) is 22.3 Å². The number of hydrazone groups is 1. The van der Waals surface area contributed by atoms with E-state index in [0.717, 1.165) is 11.3 Å². The van der Waals surface area contributed by atoms with E-state index in [1.165, 1.54) is 30.0 Å². The third-order valence-corrected chi connectivity index (χ3v) is 5.66. The van der Waals surface area contributed by atoms with Gasteiger partial charge in [-0.05, 0) is 37.3 Å². The highest BCUT2D eigenvalue weighted by Gasteiger charge is 2.17. The first-order valence-corrected chi connectivity index (χ1v) is 11.1. The average molecular weight is 460 g/mol. The number of hydrogen-bond donors (Lipinski definition) is 3. The maximum atomic E-state index is 12.4. The molecule has 4 aromatic rings. The van der Waals surface area contributed by atoms with Crippen molar-refractivity contribution in [2.75, 3.05) is 5.75 Å². The Hall–Kier alpha value is -4.11. The smallest absolute Gasteiger partial charge is 0.250 e. The first-order chi connectivity index (χ1) is 16.0. The van der Waals surface area contributed by atoms with Crippen LogP contribution < -0.4 is 5.43 Å². The van der Waals surface area contributed by atoms with Crippen LogP contribution in [0.2, 0.25) is 0 Å². The van der Waals surface area contributed by atoms with Crippen molar-refractivity contribution in [3.63, 3.8) is 0 Å². The summed E-state index contributed by atoms with van der Waals surface area (Å²) in [7, 11) is 0. The molecule has 0 saturated heterocycles. The number of hydrogen-bond acceptors (Lipinski definition) is 7. The maximum absolute atomic E-state index is 12.4. The van der Waals surface area contributed by atoms with Gasteiger partial charge >= 0.3 is 0 Å². The van der Waals surface area contributed by atoms with Crippen molar-refractivity contribution in [3.05, 3.63) is 84.4 Å². The molecule has 4 rings (SSSR count). The van der Waals surface area contributed by atoms with Crippen LogP contribution in [0.25, 0.3) is 17.1 Å². The number of amides is 1. The molecule has 9 heteroatoms. The SMILES string of the molecule is C/C(=N\NC(=O)CSc1nnc(-c2ccccc2)n1-c1ccccc1)c1cc(O)ccc1O. The van der Waals surface area contributed by atoms with Crippen LogP contribution in [0, 0.1) is 0 Å². The second kappa shape index (κ2) is 10.0. The van der Waals surface area contributed by atoms with E-state index in [-0.39, 0.29) is 23.2 Å². The molecule has 0 aliphatic carbocycles. The molecule has 3 aromatic carbocycles. The van der Waals surface area contributed by atoms with Crippen molar-refractivity contribution in [2.45, 2.75) is 12.1 Å². The summed E-state index contributed by atoms with van der Waals surface area (Å²) in [6.45, 7) is 1.63. The fourth-order valence-electron chi connectivity index (χ4n) is 3.13. The van der Waals surface area contributed by atoms with Gasteiger partial charge in [-0.1, -0.05) is 60.3 Å². The number of nitrogens with zero attached hydrogens (tertiary/aromatic N) is 4. The van der Waals surface area contributed by atoms with E-state index < -0.39 is 0 Å². The van der Waals surface area contributed by atoms with Crippen LogP contribution in [0.4, 0.5) is 0 Å². The van der Waals surface area contributed by atoms with E-state index >= 15 is 0 Å². The average Bonchev–Trinajstić information content (AvgIpc) is 3.28. The van der Waals surface area contributed by atoms with Gasteiger partial charge in [0.2, 0.25) is 0 Å². The predicted octanol–water partition coefficient (Wildman–Crippen LogP) is 3.98. The lowest BCUT2D eigenvalue weighted by Crippen LogP contribution is -2.21. The maximum Gasteiger partial charge on any atom is 0.250 e. The van der Waals surface area contributed by atoms with Gasteiger partial charge in [0.1, 0.15) is 11.5 Å². The lowest BCUT2D eigenvalue weighted by atomic mass is 10.1. The van der Waals surface area contributed by atoms with Gasteiger partial charge in [-0.25, -0.2) is 5.43 Å². The molecule has 8 nitrogen and oxygen atoms in total. The Morgan fingerprint density at radius 2 is 1.70 bits per heavy atom. The number of carbonyl (C=O) groups excluding carboxylic acids is 1. The second-order valence-electron chi connectivity index (χ2n) is 7.07. The highest BCUT2D eigenvalue weighted by atomic mass is 32.2. The molecule has 0 radical (unpaired) electrons. The zero-order valence-electron chi connectivity index (χ0n) is 17.7. The number of thioether (sulfide) groups is 1. The third-order valence-electron chi connectivity index (χ3n) is 4.73. The largest absolute Gasteiger partial charge is 0.508 e. The van der Waals surface area contributed by atoms with Crippen molar-refractivity contribution in [1.29, 1.82) is 0 Å². The molecule has 1 aromatic heterocycles. The molecule has 1 amide bonds. The monoisotopic (exact) mass is 459 g/mol. The zero-order valence-corrected chi connectivity index (χ0v) is 18.5. The van der Waals surface area contributed by atoms with Crippen LogP contribution in [0.15, 0.2) is 89.1 Å². The van der Waals surface area contributed by atoms with Crippen LogP contribution in [0.3, 0.4) is 0 Å². The van der Waals surface area contributed by atoms with Crippen molar-refractivity contribution in [2.24, 2.45) is 5.10 Å². The van der Waals surface area contributed by atoms with Crippen LogP contribution >= 0.6 is 11.8 Å². The van der Waals surface area contributed by atoms with Gasteiger partial charge in [-0.3, -0.25) is 9.36 Å². The summed E-state index contributed by atoms with van der Waals surface area (Å²) in [5.74, 6) is 0.347. The van der Waals surface area contributed by atoms with E-state index in [1.807, 2.05) is 65.2 Å². The summed E-state index contributed by atoms with van der Waals surface area (Å²) in [5, 5.41) is 32.8. The molecular weight excluding hydrogens is 438 g/mol. The van der Waals surface area contributed by atoms with Crippen molar-refractivity contribution in [1.82, 2.24) is 20.2 Å². The number of aromatic nitrogens is 3. The highest BCUT2D eigenvalue weighted by molar-refractivity contribution is 7.99. The molecule has 1 heterocycles. The molecule has 0 fully saturated rings. The molecule has 0 atom stereocenters. The van der Waals surface area contributed by atoms with Gasteiger partial charge in [0.15, 0.2) is 11.0 Å². The predicted molar refractivity (Wildman–Crippen MR) is 128 cm³/mol. The number of phenols is 2. The molecule has 0 unspecified atom stereocenters. The summed E-state index contributed by atoms with van der Waals surface area (Å²) in [4.78, 5) is 12.4. The first-order valence-electron chi connectivity index (χ1n) is 10.1. The molecule has 3 N–H and O–H groups in total. The molecule has 0 bridgehead atoms. The molecule has 33 heavy (non-hydrogen) atoms. The summed E-state index contributed by atoms with van der Waals surface area (Å²) < 4.78 is 1.91. The Labute approximate surface area is 194 Å². The van der Waals surface area contributed by atoms with Gasteiger partial charge < -0.3 is 10.2 Å². The van der Waals surface area contributed by atoms with E-state index in [1.54, 1.807) is 6.92 Å². The molecule has 0 aliphatic heterocycles. The number of benzene rings is 3. The Balaban J connectivity index is 1.51. The normalized spacial score (nSPS) is 11.4. The van der Waals surface area contributed by atoms with Crippen molar-refractivity contribution in [3.8, 4) is 28.6 Å². The minimum atomic E-state index is -0.345. The minimum Gasteiger partial charge on any atom is -0.508 e. The Bertz CT molecular complexity index is 1290. The number of phenolic OH excluding ortho intramolecular Hbond substituents is 2.